The summed E-state index contributed by atoms with van der Waals surface area (Å²) in [5, 5.41) is 11.8. The van der Waals surface area contributed by atoms with Crippen molar-refractivity contribution in [2.75, 3.05) is 12.4 Å². The molecular weight excluding hydrogens is 328 g/mol. The van der Waals surface area contributed by atoms with E-state index in [0.29, 0.717) is 6.42 Å². The molecule has 1 atom stereocenters. The van der Waals surface area contributed by atoms with Gasteiger partial charge in [0.25, 0.3) is 0 Å². The molecule has 2 N–H and O–H groups in total. The molecular formula is C25H28N2. The summed E-state index contributed by atoms with van der Waals surface area (Å²) < 4.78 is 0. The van der Waals surface area contributed by atoms with Gasteiger partial charge in [0.05, 0.1) is 0 Å². The molecule has 3 aromatic carbocycles. The van der Waals surface area contributed by atoms with Gasteiger partial charge in [-0.1, -0.05) is 79.7 Å². The lowest BCUT2D eigenvalue weighted by Crippen LogP contribution is -2.29. The molecule has 138 valence electrons. The Morgan fingerprint density at radius 2 is 1.37 bits per heavy atom. The van der Waals surface area contributed by atoms with Gasteiger partial charge in [0.1, 0.15) is 0 Å². The van der Waals surface area contributed by atoms with E-state index in [4.69, 9.17) is 5.41 Å². The minimum Gasteiger partial charge on any atom is -0.388 e. The molecule has 2 nitrogen and oxygen atoms in total. The van der Waals surface area contributed by atoms with Crippen molar-refractivity contribution in [1.82, 2.24) is 0 Å². The Bertz CT molecular complexity index is 854. The first-order chi connectivity index (χ1) is 13.1. The topological polar surface area (TPSA) is 35.9 Å². The van der Waals surface area contributed by atoms with Crippen molar-refractivity contribution < 1.29 is 0 Å². The second kappa shape index (κ2) is 8.68. The average molecular weight is 357 g/mol. The van der Waals surface area contributed by atoms with Crippen LogP contribution in [0.5, 0.6) is 0 Å². The molecule has 0 saturated heterocycles. The fourth-order valence-electron chi connectivity index (χ4n) is 3.73. The average Bonchev–Trinajstić information content (AvgIpc) is 2.69. The van der Waals surface area contributed by atoms with Crippen LogP contribution in [0.2, 0.25) is 0 Å². The van der Waals surface area contributed by atoms with Crippen molar-refractivity contribution in [2.45, 2.75) is 31.6 Å². The van der Waals surface area contributed by atoms with Gasteiger partial charge in [-0.3, -0.25) is 0 Å². The minimum absolute atomic E-state index is 0.112. The highest BCUT2D eigenvalue weighted by molar-refractivity contribution is 5.85. The SMILES string of the molecule is CNc1ccc(C(C)(CC(=N)Cc2ccccc2)Cc2ccccc2)cc1. The van der Waals surface area contributed by atoms with Crippen LogP contribution in [-0.4, -0.2) is 12.8 Å². The maximum Gasteiger partial charge on any atom is 0.0337 e. The van der Waals surface area contributed by atoms with Gasteiger partial charge in [0.15, 0.2) is 0 Å². The van der Waals surface area contributed by atoms with Crippen LogP contribution in [0.1, 0.15) is 30.0 Å². The Labute approximate surface area is 162 Å². The van der Waals surface area contributed by atoms with Crippen LogP contribution in [0.4, 0.5) is 5.69 Å². The molecule has 0 bridgehead atoms. The molecule has 0 aliphatic rings. The molecule has 0 heterocycles. The summed E-state index contributed by atoms with van der Waals surface area (Å²) in [6.07, 6.45) is 2.37. The number of anilines is 1. The maximum absolute atomic E-state index is 8.66. The van der Waals surface area contributed by atoms with Crippen molar-refractivity contribution in [3.05, 3.63) is 102 Å². The van der Waals surface area contributed by atoms with Gasteiger partial charge >= 0.3 is 0 Å². The van der Waals surface area contributed by atoms with E-state index in [1.807, 2.05) is 25.2 Å². The van der Waals surface area contributed by atoms with Crippen molar-refractivity contribution in [2.24, 2.45) is 0 Å². The van der Waals surface area contributed by atoms with E-state index < -0.39 is 0 Å². The van der Waals surface area contributed by atoms with Crippen LogP contribution < -0.4 is 5.32 Å². The first-order valence-corrected chi connectivity index (χ1v) is 9.51. The molecule has 0 saturated carbocycles. The van der Waals surface area contributed by atoms with Gasteiger partial charge in [-0.15, -0.1) is 0 Å². The van der Waals surface area contributed by atoms with Crippen LogP contribution in [0, 0.1) is 5.41 Å². The summed E-state index contributed by atoms with van der Waals surface area (Å²) in [6.45, 7) is 2.29. The number of hydrogen-bond donors (Lipinski definition) is 2. The summed E-state index contributed by atoms with van der Waals surface area (Å²) in [5.41, 5.74) is 5.57. The van der Waals surface area contributed by atoms with E-state index in [1.54, 1.807) is 0 Å². The Morgan fingerprint density at radius 1 is 0.815 bits per heavy atom. The largest absolute Gasteiger partial charge is 0.388 e. The van der Waals surface area contributed by atoms with Gasteiger partial charge in [0.2, 0.25) is 0 Å². The lowest BCUT2D eigenvalue weighted by atomic mass is 9.73. The first-order valence-electron chi connectivity index (χ1n) is 9.51. The van der Waals surface area contributed by atoms with Gasteiger partial charge in [-0.25, -0.2) is 0 Å². The number of nitrogens with one attached hydrogen (secondary N) is 2. The highest BCUT2D eigenvalue weighted by Gasteiger charge is 2.28. The quantitative estimate of drug-likeness (QED) is 0.486. The fourth-order valence-corrected chi connectivity index (χ4v) is 3.73. The highest BCUT2D eigenvalue weighted by atomic mass is 14.8. The Balaban J connectivity index is 1.85. The molecule has 0 radical (unpaired) electrons. The zero-order chi connectivity index (χ0) is 19.1. The molecule has 0 fully saturated rings. The maximum atomic E-state index is 8.66. The van der Waals surface area contributed by atoms with Crippen LogP contribution in [0.25, 0.3) is 0 Å². The Morgan fingerprint density at radius 3 is 1.93 bits per heavy atom. The van der Waals surface area contributed by atoms with E-state index in [-0.39, 0.29) is 5.41 Å². The molecule has 3 aromatic rings. The van der Waals surface area contributed by atoms with Crippen molar-refractivity contribution >= 4 is 11.4 Å². The monoisotopic (exact) mass is 356 g/mol. The predicted octanol–water partition coefficient (Wildman–Crippen LogP) is 5.88. The van der Waals surface area contributed by atoms with Gasteiger partial charge in [0, 0.05) is 30.3 Å². The second-order valence-corrected chi connectivity index (χ2v) is 7.49. The molecule has 27 heavy (non-hydrogen) atoms. The van der Waals surface area contributed by atoms with Gasteiger partial charge in [-0.05, 0) is 41.7 Å². The summed E-state index contributed by atoms with van der Waals surface area (Å²) in [5.74, 6) is 0. The molecule has 0 aliphatic heterocycles. The second-order valence-electron chi connectivity index (χ2n) is 7.49. The van der Waals surface area contributed by atoms with Gasteiger partial charge < -0.3 is 10.7 Å². The Kier molecular flexibility index (Phi) is 6.08. The molecule has 3 rings (SSSR count). The standard InChI is InChI=1S/C25H28N2/c1-25(18-21-11-7-4-8-12-21,22-13-15-24(27-2)16-14-22)19-23(26)17-20-9-5-3-6-10-20/h3-16,26-27H,17-19H2,1-2H3. The summed E-state index contributed by atoms with van der Waals surface area (Å²) in [4.78, 5) is 0. The highest BCUT2D eigenvalue weighted by Crippen LogP contribution is 2.33. The third kappa shape index (κ3) is 5.07. The number of benzene rings is 3. The molecule has 2 heteroatoms. The minimum atomic E-state index is -0.112. The summed E-state index contributed by atoms with van der Waals surface area (Å²) in [6, 6.07) is 29.6. The predicted molar refractivity (Wildman–Crippen MR) is 116 cm³/mol. The first kappa shape index (κ1) is 18.9. The van der Waals surface area contributed by atoms with E-state index in [0.717, 1.165) is 24.2 Å². The zero-order valence-electron chi connectivity index (χ0n) is 16.2. The third-order valence-corrected chi connectivity index (χ3v) is 5.17. The van der Waals surface area contributed by atoms with Crippen LogP contribution in [0.15, 0.2) is 84.9 Å². The molecule has 0 spiro atoms. The normalized spacial score (nSPS) is 13.0. The van der Waals surface area contributed by atoms with Crippen LogP contribution >= 0.6 is 0 Å². The van der Waals surface area contributed by atoms with Crippen molar-refractivity contribution in [3.8, 4) is 0 Å². The number of rotatable bonds is 8. The van der Waals surface area contributed by atoms with Crippen molar-refractivity contribution in [3.63, 3.8) is 0 Å². The van der Waals surface area contributed by atoms with E-state index >= 15 is 0 Å². The smallest absolute Gasteiger partial charge is 0.0337 e. The lowest BCUT2D eigenvalue weighted by Gasteiger charge is -2.31. The summed E-state index contributed by atoms with van der Waals surface area (Å²) >= 11 is 0. The van der Waals surface area contributed by atoms with Crippen LogP contribution in [-0.2, 0) is 18.3 Å². The molecule has 0 aliphatic carbocycles. The molecule has 0 aromatic heterocycles. The Hall–Kier alpha value is -2.87. The van der Waals surface area contributed by atoms with E-state index in [9.17, 15) is 0 Å². The van der Waals surface area contributed by atoms with Crippen molar-refractivity contribution in [1.29, 1.82) is 5.41 Å². The zero-order valence-corrected chi connectivity index (χ0v) is 16.2. The third-order valence-electron chi connectivity index (χ3n) is 5.17. The van der Waals surface area contributed by atoms with E-state index in [1.165, 1.54) is 16.7 Å². The molecule has 1 unspecified atom stereocenters. The lowest BCUT2D eigenvalue weighted by molar-refractivity contribution is 0.485. The van der Waals surface area contributed by atoms with E-state index in [2.05, 4.69) is 79.0 Å². The molecule has 0 amide bonds. The summed E-state index contributed by atoms with van der Waals surface area (Å²) in [7, 11) is 1.94. The van der Waals surface area contributed by atoms with Crippen LogP contribution in [0.3, 0.4) is 0 Å². The number of hydrogen-bond acceptors (Lipinski definition) is 2. The fraction of sp³-hybridized carbons (Fsp3) is 0.240. The van der Waals surface area contributed by atoms with Gasteiger partial charge in [-0.2, -0.15) is 0 Å².